The second-order valence-corrected chi connectivity index (χ2v) is 9.78. The Hall–Kier alpha value is -1.38. The lowest BCUT2D eigenvalue weighted by molar-refractivity contribution is -0.127. The van der Waals surface area contributed by atoms with Crippen LogP contribution in [-0.2, 0) is 14.8 Å². The Morgan fingerprint density at radius 3 is 2.42 bits per heavy atom. The van der Waals surface area contributed by atoms with Crippen LogP contribution in [0.15, 0.2) is 47.4 Å². The van der Waals surface area contributed by atoms with Gasteiger partial charge in [-0.05, 0) is 36.4 Å². The molecule has 1 aliphatic heterocycles. The summed E-state index contributed by atoms with van der Waals surface area (Å²) in [5, 5.41) is 0.374. The maximum absolute atomic E-state index is 12.7. The minimum atomic E-state index is -3.61. The summed E-state index contributed by atoms with van der Waals surface area (Å²) in [6.45, 7) is 1.18. The first-order valence-electron chi connectivity index (χ1n) is 7.84. The number of thiophene rings is 1. The van der Waals surface area contributed by atoms with E-state index in [1.165, 1.54) is 33.9 Å². The maximum Gasteiger partial charge on any atom is 0.246 e. The molecule has 5 nitrogen and oxygen atoms in total. The van der Waals surface area contributed by atoms with Gasteiger partial charge in [0.1, 0.15) is 0 Å². The van der Waals surface area contributed by atoms with E-state index in [9.17, 15) is 13.2 Å². The van der Waals surface area contributed by atoms with Crippen molar-refractivity contribution in [1.29, 1.82) is 0 Å². The number of halogens is 2. The smallest absolute Gasteiger partial charge is 0.246 e. The molecule has 0 N–H and O–H groups in total. The fourth-order valence-corrected chi connectivity index (χ4v) is 5.29. The van der Waals surface area contributed by atoms with Gasteiger partial charge in [0, 0.05) is 42.2 Å². The molecule has 1 aliphatic rings. The quantitative estimate of drug-likeness (QED) is 0.696. The summed E-state index contributed by atoms with van der Waals surface area (Å²) in [6.07, 6.45) is 3.21. The number of hydrogen-bond acceptors (Lipinski definition) is 4. The van der Waals surface area contributed by atoms with Crippen LogP contribution in [0.4, 0.5) is 0 Å². The van der Waals surface area contributed by atoms with Crippen molar-refractivity contribution in [3.05, 3.63) is 56.7 Å². The van der Waals surface area contributed by atoms with Crippen molar-refractivity contribution in [3.63, 3.8) is 0 Å². The number of piperazine rings is 1. The molecule has 0 bridgehead atoms. The van der Waals surface area contributed by atoms with Gasteiger partial charge in [0.05, 0.1) is 9.23 Å². The first-order valence-corrected chi connectivity index (χ1v) is 10.9. The molecule has 1 fully saturated rings. The number of amides is 1. The molecule has 26 heavy (non-hydrogen) atoms. The van der Waals surface area contributed by atoms with Gasteiger partial charge in [-0.3, -0.25) is 4.79 Å². The Labute approximate surface area is 166 Å². The zero-order valence-corrected chi connectivity index (χ0v) is 16.8. The van der Waals surface area contributed by atoms with Crippen molar-refractivity contribution < 1.29 is 13.2 Å². The highest BCUT2D eigenvalue weighted by molar-refractivity contribution is 7.89. The molecule has 0 radical (unpaired) electrons. The fourth-order valence-electron chi connectivity index (χ4n) is 2.60. The standard InChI is InChI=1S/C17H16Cl2N2O3S2/c18-13-2-1-3-15(12-13)26(23,24)21-10-8-20(9-11-21)17(22)7-5-14-4-6-16(19)25-14/h1-7,12H,8-11H2/b7-5+. The van der Waals surface area contributed by atoms with Crippen LogP contribution in [0.1, 0.15) is 4.88 Å². The van der Waals surface area contributed by atoms with Gasteiger partial charge >= 0.3 is 0 Å². The number of rotatable bonds is 4. The first-order chi connectivity index (χ1) is 12.4. The van der Waals surface area contributed by atoms with Crippen LogP contribution in [-0.4, -0.2) is 49.7 Å². The summed E-state index contributed by atoms with van der Waals surface area (Å²) in [5.41, 5.74) is 0. The Morgan fingerprint density at radius 2 is 1.81 bits per heavy atom. The van der Waals surface area contributed by atoms with E-state index in [1.54, 1.807) is 29.2 Å². The Bertz CT molecular complexity index is 933. The van der Waals surface area contributed by atoms with Gasteiger partial charge in [0.15, 0.2) is 0 Å². The van der Waals surface area contributed by atoms with E-state index in [1.807, 2.05) is 6.07 Å². The van der Waals surface area contributed by atoms with Crippen molar-refractivity contribution in [2.24, 2.45) is 0 Å². The number of sulfonamides is 1. The van der Waals surface area contributed by atoms with Gasteiger partial charge in [-0.2, -0.15) is 4.31 Å². The number of hydrogen-bond donors (Lipinski definition) is 0. The van der Waals surface area contributed by atoms with E-state index in [4.69, 9.17) is 23.2 Å². The van der Waals surface area contributed by atoms with Crippen molar-refractivity contribution >= 4 is 56.5 Å². The summed E-state index contributed by atoms with van der Waals surface area (Å²) in [5.74, 6) is -0.144. The van der Waals surface area contributed by atoms with Gasteiger partial charge in [0.25, 0.3) is 0 Å². The minimum absolute atomic E-state index is 0.144. The highest BCUT2D eigenvalue weighted by Gasteiger charge is 2.29. The van der Waals surface area contributed by atoms with Gasteiger partial charge < -0.3 is 4.90 Å². The largest absolute Gasteiger partial charge is 0.337 e. The predicted molar refractivity (Wildman–Crippen MR) is 105 cm³/mol. The molecular formula is C17H16Cl2N2O3S2. The van der Waals surface area contributed by atoms with E-state index < -0.39 is 10.0 Å². The van der Waals surface area contributed by atoms with Crippen LogP contribution in [0.2, 0.25) is 9.36 Å². The third kappa shape index (κ3) is 4.47. The number of carbonyl (C=O) groups excluding carboxylic acids is 1. The third-order valence-electron chi connectivity index (χ3n) is 3.97. The molecule has 1 aromatic carbocycles. The first kappa shape index (κ1) is 19.4. The minimum Gasteiger partial charge on any atom is -0.337 e. The van der Waals surface area contributed by atoms with Gasteiger partial charge in [-0.25, -0.2) is 8.42 Å². The Morgan fingerprint density at radius 1 is 1.08 bits per heavy atom. The maximum atomic E-state index is 12.7. The molecule has 138 valence electrons. The SMILES string of the molecule is O=C(/C=C/c1ccc(Cl)s1)N1CCN(S(=O)(=O)c2cccc(Cl)c2)CC1. The zero-order chi connectivity index (χ0) is 18.7. The Balaban J connectivity index is 1.61. The molecule has 3 rings (SSSR count). The Kier molecular flexibility index (Phi) is 6.04. The van der Waals surface area contributed by atoms with E-state index in [0.29, 0.717) is 22.4 Å². The summed E-state index contributed by atoms with van der Waals surface area (Å²) in [4.78, 5) is 15.0. The fraction of sp³-hybridized carbons (Fsp3) is 0.235. The lowest BCUT2D eigenvalue weighted by Crippen LogP contribution is -2.50. The topological polar surface area (TPSA) is 57.7 Å². The second-order valence-electron chi connectivity index (χ2n) is 5.66. The molecule has 1 amide bonds. The number of carbonyl (C=O) groups is 1. The van der Waals surface area contributed by atoms with Crippen molar-refractivity contribution in [2.45, 2.75) is 4.90 Å². The summed E-state index contributed by atoms with van der Waals surface area (Å²) in [7, 11) is -3.61. The number of nitrogens with zero attached hydrogens (tertiary/aromatic N) is 2. The second kappa shape index (κ2) is 8.10. The van der Waals surface area contributed by atoms with Crippen molar-refractivity contribution in [3.8, 4) is 0 Å². The molecule has 0 spiro atoms. The molecule has 2 aromatic rings. The molecule has 0 saturated carbocycles. The monoisotopic (exact) mass is 430 g/mol. The van der Waals surface area contributed by atoms with Crippen LogP contribution >= 0.6 is 34.5 Å². The van der Waals surface area contributed by atoms with Crippen LogP contribution in [0, 0.1) is 0 Å². The highest BCUT2D eigenvalue weighted by Crippen LogP contribution is 2.23. The van der Waals surface area contributed by atoms with Crippen LogP contribution in [0.5, 0.6) is 0 Å². The third-order valence-corrected chi connectivity index (χ3v) is 7.29. The highest BCUT2D eigenvalue weighted by atomic mass is 35.5. The normalized spacial score (nSPS) is 16.3. The van der Waals surface area contributed by atoms with Crippen molar-refractivity contribution in [1.82, 2.24) is 9.21 Å². The van der Waals surface area contributed by atoms with Gasteiger partial charge in [0.2, 0.25) is 15.9 Å². The predicted octanol–water partition coefficient (Wildman–Crippen LogP) is 3.60. The molecule has 1 saturated heterocycles. The van der Waals surface area contributed by atoms with Crippen LogP contribution < -0.4 is 0 Å². The van der Waals surface area contributed by atoms with E-state index >= 15 is 0 Å². The molecule has 1 aromatic heterocycles. The molecular weight excluding hydrogens is 415 g/mol. The summed E-state index contributed by atoms with van der Waals surface area (Å²) < 4.78 is 27.4. The molecule has 0 atom stereocenters. The van der Waals surface area contributed by atoms with Crippen LogP contribution in [0.3, 0.4) is 0 Å². The van der Waals surface area contributed by atoms with E-state index in [-0.39, 0.29) is 23.9 Å². The molecule has 9 heteroatoms. The van der Waals surface area contributed by atoms with Gasteiger partial charge in [-0.1, -0.05) is 29.3 Å². The zero-order valence-electron chi connectivity index (χ0n) is 13.6. The van der Waals surface area contributed by atoms with Crippen molar-refractivity contribution in [2.75, 3.05) is 26.2 Å². The average Bonchev–Trinajstić information content (AvgIpc) is 3.05. The summed E-state index contributed by atoms with van der Waals surface area (Å²) >= 11 is 13.1. The number of benzene rings is 1. The van der Waals surface area contributed by atoms with E-state index in [0.717, 1.165) is 4.88 Å². The van der Waals surface area contributed by atoms with E-state index in [2.05, 4.69) is 0 Å². The lowest BCUT2D eigenvalue weighted by atomic mass is 10.3. The average molecular weight is 431 g/mol. The van der Waals surface area contributed by atoms with Gasteiger partial charge in [-0.15, -0.1) is 11.3 Å². The molecule has 0 aliphatic carbocycles. The van der Waals surface area contributed by atoms with Crippen LogP contribution in [0.25, 0.3) is 6.08 Å². The molecule has 2 heterocycles. The lowest BCUT2D eigenvalue weighted by Gasteiger charge is -2.33. The molecule has 0 unspecified atom stereocenters. The summed E-state index contributed by atoms with van der Waals surface area (Å²) in [6, 6.07) is 9.81.